The number of carbonyl (C=O) groups is 1. The van der Waals surface area contributed by atoms with Crippen LogP contribution in [0.15, 0.2) is 36.4 Å². The van der Waals surface area contributed by atoms with Crippen LogP contribution in [0, 0.1) is 0 Å². The van der Waals surface area contributed by atoms with E-state index in [0.717, 1.165) is 0 Å². The molecule has 6 heteroatoms. The summed E-state index contributed by atoms with van der Waals surface area (Å²) in [4.78, 5) is 10.9. The van der Waals surface area contributed by atoms with Gasteiger partial charge in [0.05, 0.1) is 6.61 Å². The van der Waals surface area contributed by atoms with E-state index in [1.807, 2.05) is 0 Å². The van der Waals surface area contributed by atoms with Gasteiger partial charge in [0.25, 0.3) is 0 Å². The Hall–Kier alpha value is -1.89. The maximum atomic E-state index is 10.9. The number of amides is 1. The first-order valence-corrected chi connectivity index (χ1v) is 6.25. The summed E-state index contributed by atoms with van der Waals surface area (Å²) in [6, 6.07) is 6.81. The number of aliphatic hydroxyl groups is 2. The van der Waals surface area contributed by atoms with Crippen molar-refractivity contribution in [1.82, 2.24) is 0 Å². The van der Waals surface area contributed by atoms with Crippen molar-refractivity contribution < 1.29 is 24.5 Å². The van der Waals surface area contributed by atoms with Crippen LogP contribution in [0.3, 0.4) is 0 Å². The summed E-state index contributed by atoms with van der Waals surface area (Å²) >= 11 is 0. The number of anilines is 1. The first-order chi connectivity index (χ1) is 9.58. The molecule has 0 aromatic heterocycles. The molecule has 1 heterocycles. The molecular weight excluding hydrogens is 262 g/mol. The Kier molecular flexibility index (Phi) is 4.73. The van der Waals surface area contributed by atoms with E-state index in [4.69, 9.17) is 14.6 Å². The van der Waals surface area contributed by atoms with Crippen LogP contribution in [-0.4, -0.2) is 41.2 Å². The smallest absolute Gasteiger partial charge is 0.221 e. The van der Waals surface area contributed by atoms with Gasteiger partial charge >= 0.3 is 0 Å². The lowest BCUT2D eigenvalue weighted by molar-refractivity contribution is -0.142. The van der Waals surface area contributed by atoms with Crippen LogP contribution in [0.4, 0.5) is 5.69 Å². The van der Waals surface area contributed by atoms with E-state index in [-0.39, 0.29) is 12.5 Å². The van der Waals surface area contributed by atoms with Crippen molar-refractivity contribution in [2.24, 2.45) is 0 Å². The monoisotopic (exact) mass is 279 g/mol. The lowest BCUT2D eigenvalue weighted by Crippen LogP contribution is -2.39. The number of nitrogens with one attached hydrogen (secondary N) is 1. The summed E-state index contributed by atoms with van der Waals surface area (Å²) in [5.74, 6) is 0.416. The fourth-order valence-electron chi connectivity index (χ4n) is 1.80. The van der Waals surface area contributed by atoms with Crippen molar-refractivity contribution in [2.45, 2.75) is 25.4 Å². The summed E-state index contributed by atoms with van der Waals surface area (Å²) < 4.78 is 10.9. The summed E-state index contributed by atoms with van der Waals surface area (Å²) in [5, 5.41) is 21.2. The van der Waals surface area contributed by atoms with Gasteiger partial charge in [-0.1, -0.05) is 6.08 Å². The molecule has 1 aliphatic heterocycles. The van der Waals surface area contributed by atoms with E-state index in [2.05, 4.69) is 5.32 Å². The highest BCUT2D eigenvalue weighted by Gasteiger charge is 2.25. The number of hydrogen-bond acceptors (Lipinski definition) is 5. The average Bonchev–Trinajstić information content (AvgIpc) is 2.42. The predicted octanol–water partition coefficient (Wildman–Crippen LogP) is 0.658. The van der Waals surface area contributed by atoms with E-state index in [0.29, 0.717) is 11.4 Å². The van der Waals surface area contributed by atoms with Crippen LogP contribution in [0.1, 0.15) is 6.92 Å². The van der Waals surface area contributed by atoms with Gasteiger partial charge in [-0.05, 0) is 30.3 Å². The molecule has 1 amide bonds. The van der Waals surface area contributed by atoms with Crippen LogP contribution in [0.5, 0.6) is 5.75 Å². The van der Waals surface area contributed by atoms with Crippen LogP contribution >= 0.6 is 0 Å². The summed E-state index contributed by atoms with van der Waals surface area (Å²) in [7, 11) is 0. The first kappa shape index (κ1) is 14.5. The third kappa shape index (κ3) is 3.80. The topological polar surface area (TPSA) is 88.0 Å². The molecule has 0 unspecified atom stereocenters. The Morgan fingerprint density at radius 1 is 1.35 bits per heavy atom. The van der Waals surface area contributed by atoms with E-state index < -0.39 is 18.5 Å². The van der Waals surface area contributed by atoms with Crippen molar-refractivity contribution in [3.8, 4) is 5.75 Å². The molecule has 1 aliphatic rings. The molecule has 0 fully saturated rings. The average molecular weight is 279 g/mol. The zero-order valence-electron chi connectivity index (χ0n) is 11.0. The molecule has 108 valence electrons. The van der Waals surface area contributed by atoms with Gasteiger partial charge in [0.15, 0.2) is 0 Å². The van der Waals surface area contributed by atoms with E-state index >= 15 is 0 Å². The number of rotatable bonds is 4. The van der Waals surface area contributed by atoms with Crippen molar-refractivity contribution in [2.75, 3.05) is 11.9 Å². The van der Waals surface area contributed by atoms with Gasteiger partial charge in [-0.2, -0.15) is 0 Å². The van der Waals surface area contributed by atoms with Gasteiger partial charge in [-0.25, -0.2) is 0 Å². The SMILES string of the molecule is CC(=O)Nc1ccc(O[C@@H]2C=C[C@H](O)[C@@H](CO)O2)cc1. The minimum absolute atomic E-state index is 0.142. The zero-order valence-corrected chi connectivity index (χ0v) is 11.0. The Morgan fingerprint density at radius 3 is 2.65 bits per heavy atom. The van der Waals surface area contributed by atoms with E-state index in [9.17, 15) is 9.90 Å². The van der Waals surface area contributed by atoms with Gasteiger partial charge in [0, 0.05) is 12.6 Å². The first-order valence-electron chi connectivity index (χ1n) is 6.25. The van der Waals surface area contributed by atoms with E-state index in [1.54, 1.807) is 30.3 Å². The van der Waals surface area contributed by atoms with Crippen LogP contribution in [0.25, 0.3) is 0 Å². The molecule has 0 radical (unpaired) electrons. The second-order valence-corrected chi connectivity index (χ2v) is 4.42. The zero-order chi connectivity index (χ0) is 14.5. The Bertz CT molecular complexity index is 485. The number of hydrogen-bond donors (Lipinski definition) is 3. The number of benzene rings is 1. The normalized spacial score (nSPS) is 25.2. The van der Waals surface area contributed by atoms with Crippen LogP contribution < -0.4 is 10.1 Å². The summed E-state index contributed by atoms with van der Waals surface area (Å²) in [5.41, 5.74) is 0.675. The number of aliphatic hydroxyl groups excluding tert-OH is 2. The minimum atomic E-state index is -0.831. The molecule has 1 aromatic carbocycles. The molecule has 0 saturated heterocycles. The molecular formula is C14H17NO5. The summed E-state index contributed by atoms with van der Waals surface area (Å²) in [6.07, 6.45) is 0.923. The summed E-state index contributed by atoms with van der Waals surface area (Å²) in [6.45, 7) is 1.15. The molecule has 2 rings (SSSR count). The largest absolute Gasteiger partial charge is 0.461 e. The van der Waals surface area contributed by atoms with Crippen molar-refractivity contribution in [1.29, 1.82) is 0 Å². The molecule has 1 aromatic rings. The van der Waals surface area contributed by atoms with Gasteiger partial charge in [0.1, 0.15) is 18.0 Å². The molecule has 0 spiro atoms. The Labute approximate surface area is 116 Å². The second-order valence-electron chi connectivity index (χ2n) is 4.42. The third-order valence-corrected chi connectivity index (χ3v) is 2.76. The second kappa shape index (κ2) is 6.51. The highest BCUT2D eigenvalue weighted by molar-refractivity contribution is 5.88. The van der Waals surface area contributed by atoms with Crippen molar-refractivity contribution >= 4 is 11.6 Å². The highest BCUT2D eigenvalue weighted by atomic mass is 16.7. The van der Waals surface area contributed by atoms with Gasteiger partial charge in [-0.3, -0.25) is 4.79 Å². The van der Waals surface area contributed by atoms with E-state index in [1.165, 1.54) is 13.0 Å². The minimum Gasteiger partial charge on any atom is -0.461 e. The van der Waals surface area contributed by atoms with Gasteiger partial charge < -0.3 is 25.0 Å². The van der Waals surface area contributed by atoms with Crippen LogP contribution in [-0.2, 0) is 9.53 Å². The highest BCUT2D eigenvalue weighted by Crippen LogP contribution is 2.20. The lowest BCUT2D eigenvalue weighted by Gasteiger charge is -2.28. The lowest BCUT2D eigenvalue weighted by atomic mass is 10.1. The fraction of sp³-hybridized carbons (Fsp3) is 0.357. The van der Waals surface area contributed by atoms with Gasteiger partial charge in [0.2, 0.25) is 12.2 Å². The van der Waals surface area contributed by atoms with Crippen molar-refractivity contribution in [3.63, 3.8) is 0 Å². The van der Waals surface area contributed by atoms with Gasteiger partial charge in [-0.15, -0.1) is 0 Å². The quantitative estimate of drug-likeness (QED) is 0.705. The maximum absolute atomic E-state index is 10.9. The number of ether oxygens (including phenoxy) is 2. The molecule has 0 saturated carbocycles. The molecule has 3 N–H and O–H groups in total. The van der Waals surface area contributed by atoms with Crippen molar-refractivity contribution in [3.05, 3.63) is 36.4 Å². The predicted molar refractivity (Wildman–Crippen MR) is 72.3 cm³/mol. The molecule has 0 aliphatic carbocycles. The third-order valence-electron chi connectivity index (χ3n) is 2.76. The standard InChI is InChI=1S/C14H17NO5/c1-9(17)15-10-2-4-11(5-3-10)19-14-7-6-12(18)13(8-16)20-14/h2-7,12-14,16,18H,8H2,1H3,(H,15,17)/t12-,13+,14-/m0/s1. The molecule has 20 heavy (non-hydrogen) atoms. The Balaban J connectivity index is 1.96. The van der Waals surface area contributed by atoms with Crippen LogP contribution in [0.2, 0.25) is 0 Å². The number of carbonyl (C=O) groups excluding carboxylic acids is 1. The molecule has 0 bridgehead atoms. The fourth-order valence-corrected chi connectivity index (χ4v) is 1.80. The molecule has 3 atom stereocenters. The maximum Gasteiger partial charge on any atom is 0.221 e. The Morgan fingerprint density at radius 2 is 2.05 bits per heavy atom. The molecule has 6 nitrogen and oxygen atoms in total.